The summed E-state index contributed by atoms with van der Waals surface area (Å²) in [4.78, 5) is 18.0. The van der Waals surface area contributed by atoms with Crippen molar-refractivity contribution in [3.8, 4) is 0 Å². The zero-order valence-electron chi connectivity index (χ0n) is 12.2. The molecular weight excluding hydrogens is 262 g/mol. The van der Waals surface area contributed by atoms with Crippen molar-refractivity contribution in [2.45, 2.75) is 25.8 Å². The molecular formula is C17H21N3O. The van der Waals surface area contributed by atoms with Crippen molar-refractivity contribution < 1.29 is 4.79 Å². The monoisotopic (exact) mass is 283 g/mol. The first-order chi connectivity index (χ1) is 10.3. The lowest BCUT2D eigenvalue weighted by Gasteiger charge is -2.15. The van der Waals surface area contributed by atoms with Gasteiger partial charge in [-0.2, -0.15) is 0 Å². The van der Waals surface area contributed by atoms with E-state index in [2.05, 4.69) is 28.5 Å². The van der Waals surface area contributed by atoms with Crippen LogP contribution in [0.5, 0.6) is 0 Å². The minimum Gasteiger partial charge on any atom is -0.343 e. The molecule has 0 saturated carbocycles. The molecule has 0 bridgehead atoms. The molecule has 110 valence electrons. The van der Waals surface area contributed by atoms with Gasteiger partial charge in [-0.15, -0.1) is 0 Å². The Balaban J connectivity index is 1.46. The summed E-state index contributed by atoms with van der Waals surface area (Å²) >= 11 is 0. The number of benzene rings is 1. The lowest BCUT2D eigenvalue weighted by molar-refractivity contribution is -0.130. The Kier molecular flexibility index (Phi) is 4.46. The summed E-state index contributed by atoms with van der Waals surface area (Å²) in [6, 6.07) is 8.40. The van der Waals surface area contributed by atoms with E-state index in [9.17, 15) is 4.79 Å². The van der Waals surface area contributed by atoms with Crippen LogP contribution in [0.4, 0.5) is 0 Å². The lowest BCUT2D eigenvalue weighted by Crippen LogP contribution is -2.30. The Morgan fingerprint density at radius 1 is 1.19 bits per heavy atom. The van der Waals surface area contributed by atoms with Crippen LogP contribution >= 0.6 is 0 Å². The number of carbonyl (C=O) groups is 1. The Morgan fingerprint density at radius 3 is 2.90 bits per heavy atom. The van der Waals surface area contributed by atoms with Crippen molar-refractivity contribution in [3.63, 3.8) is 0 Å². The summed E-state index contributed by atoms with van der Waals surface area (Å²) in [7, 11) is 0. The molecule has 2 aromatic rings. The molecule has 1 aliphatic heterocycles. The zero-order valence-corrected chi connectivity index (χ0v) is 12.2. The van der Waals surface area contributed by atoms with Gasteiger partial charge < -0.3 is 10.2 Å². The number of nitrogens with zero attached hydrogens (tertiary/aromatic N) is 2. The van der Waals surface area contributed by atoms with Crippen LogP contribution in [0.2, 0.25) is 0 Å². The summed E-state index contributed by atoms with van der Waals surface area (Å²) in [5.41, 5.74) is 1.24. The lowest BCUT2D eigenvalue weighted by atomic mass is 10.1. The minimum atomic E-state index is 0.282. The van der Waals surface area contributed by atoms with Crippen LogP contribution in [0.15, 0.2) is 36.7 Å². The molecule has 1 aromatic heterocycles. The second kappa shape index (κ2) is 6.68. The standard InChI is InChI=1S/C17H21N3O/c21-17(20-9-1-2-10-20)6-8-18-12-14-3-4-16-13-19-7-5-15(16)11-14/h3-5,7,11,13,18H,1-2,6,8-10,12H2. The summed E-state index contributed by atoms with van der Waals surface area (Å²) in [5.74, 6) is 0.282. The summed E-state index contributed by atoms with van der Waals surface area (Å²) < 4.78 is 0. The van der Waals surface area contributed by atoms with Crippen molar-refractivity contribution in [1.82, 2.24) is 15.2 Å². The number of nitrogens with one attached hydrogen (secondary N) is 1. The fourth-order valence-corrected chi connectivity index (χ4v) is 2.80. The average Bonchev–Trinajstić information content (AvgIpc) is 3.06. The highest BCUT2D eigenvalue weighted by Crippen LogP contribution is 2.14. The smallest absolute Gasteiger partial charge is 0.223 e. The first-order valence-corrected chi connectivity index (χ1v) is 7.64. The zero-order chi connectivity index (χ0) is 14.5. The number of likely N-dealkylation sites (tertiary alicyclic amines) is 1. The van der Waals surface area contributed by atoms with Gasteiger partial charge >= 0.3 is 0 Å². The summed E-state index contributed by atoms with van der Waals surface area (Å²) in [5, 5.41) is 5.72. The van der Waals surface area contributed by atoms with Gasteiger partial charge in [0.05, 0.1) is 0 Å². The van der Waals surface area contributed by atoms with E-state index in [1.165, 1.54) is 10.9 Å². The SMILES string of the molecule is O=C(CCNCc1ccc2cnccc2c1)N1CCCC1. The van der Waals surface area contributed by atoms with Crippen LogP contribution in [-0.2, 0) is 11.3 Å². The number of hydrogen-bond donors (Lipinski definition) is 1. The summed E-state index contributed by atoms with van der Waals surface area (Å²) in [6.07, 6.45) is 6.60. The highest BCUT2D eigenvalue weighted by atomic mass is 16.2. The Labute approximate surface area is 125 Å². The molecule has 4 heteroatoms. The fraction of sp³-hybridized carbons (Fsp3) is 0.412. The maximum atomic E-state index is 11.9. The van der Waals surface area contributed by atoms with Gasteiger partial charge in [-0.25, -0.2) is 0 Å². The molecule has 0 atom stereocenters. The third-order valence-electron chi connectivity index (χ3n) is 4.01. The van der Waals surface area contributed by atoms with E-state index in [0.717, 1.165) is 44.4 Å². The van der Waals surface area contributed by atoms with E-state index in [1.807, 2.05) is 23.4 Å². The highest BCUT2D eigenvalue weighted by molar-refractivity contribution is 5.82. The van der Waals surface area contributed by atoms with Gasteiger partial charge in [-0.1, -0.05) is 12.1 Å². The molecule has 3 rings (SSSR count). The number of fused-ring (bicyclic) bond motifs is 1. The predicted octanol–water partition coefficient (Wildman–Crippen LogP) is 2.34. The van der Waals surface area contributed by atoms with Gasteiger partial charge in [0.15, 0.2) is 0 Å². The van der Waals surface area contributed by atoms with Gasteiger partial charge in [0, 0.05) is 50.4 Å². The largest absolute Gasteiger partial charge is 0.343 e. The third kappa shape index (κ3) is 3.58. The number of amides is 1. The molecule has 2 heterocycles. The molecule has 21 heavy (non-hydrogen) atoms. The van der Waals surface area contributed by atoms with Crippen LogP contribution < -0.4 is 5.32 Å². The number of rotatable bonds is 5. The number of aromatic nitrogens is 1. The fourth-order valence-electron chi connectivity index (χ4n) is 2.80. The second-order valence-electron chi connectivity index (χ2n) is 5.57. The van der Waals surface area contributed by atoms with E-state index in [1.54, 1.807) is 0 Å². The van der Waals surface area contributed by atoms with Crippen molar-refractivity contribution in [2.24, 2.45) is 0 Å². The average molecular weight is 283 g/mol. The van der Waals surface area contributed by atoms with Gasteiger partial charge in [0.1, 0.15) is 0 Å². The quantitative estimate of drug-likeness (QED) is 0.857. The second-order valence-corrected chi connectivity index (χ2v) is 5.57. The predicted molar refractivity (Wildman–Crippen MR) is 83.9 cm³/mol. The third-order valence-corrected chi connectivity index (χ3v) is 4.01. The highest BCUT2D eigenvalue weighted by Gasteiger charge is 2.16. The molecule has 1 N–H and O–H groups in total. The van der Waals surface area contributed by atoms with Crippen LogP contribution in [0.1, 0.15) is 24.8 Å². The summed E-state index contributed by atoms with van der Waals surface area (Å²) in [6.45, 7) is 3.42. The number of pyridine rings is 1. The minimum absolute atomic E-state index is 0.282. The normalized spacial score (nSPS) is 14.8. The van der Waals surface area contributed by atoms with Crippen molar-refractivity contribution in [3.05, 3.63) is 42.2 Å². The van der Waals surface area contributed by atoms with E-state index >= 15 is 0 Å². The molecule has 0 aliphatic carbocycles. The van der Waals surface area contributed by atoms with Gasteiger partial charge in [-0.3, -0.25) is 9.78 Å². The van der Waals surface area contributed by atoms with Crippen LogP contribution in [0.25, 0.3) is 10.8 Å². The van der Waals surface area contributed by atoms with Crippen LogP contribution in [0.3, 0.4) is 0 Å². The molecule has 0 radical (unpaired) electrons. The first kappa shape index (κ1) is 14.0. The van der Waals surface area contributed by atoms with Crippen LogP contribution in [0, 0.1) is 0 Å². The van der Waals surface area contributed by atoms with Crippen LogP contribution in [-0.4, -0.2) is 35.4 Å². The molecule has 1 saturated heterocycles. The van der Waals surface area contributed by atoms with E-state index in [-0.39, 0.29) is 5.91 Å². The van der Waals surface area contributed by atoms with E-state index in [0.29, 0.717) is 6.42 Å². The molecule has 1 fully saturated rings. The Bertz CT molecular complexity index is 620. The Hall–Kier alpha value is -1.94. The van der Waals surface area contributed by atoms with Crippen molar-refractivity contribution in [2.75, 3.05) is 19.6 Å². The maximum Gasteiger partial charge on any atom is 0.223 e. The maximum absolute atomic E-state index is 11.9. The van der Waals surface area contributed by atoms with Gasteiger partial charge in [0.25, 0.3) is 0 Å². The van der Waals surface area contributed by atoms with E-state index in [4.69, 9.17) is 0 Å². The molecule has 1 aliphatic rings. The number of carbonyl (C=O) groups excluding carboxylic acids is 1. The first-order valence-electron chi connectivity index (χ1n) is 7.64. The van der Waals surface area contributed by atoms with Gasteiger partial charge in [0.2, 0.25) is 5.91 Å². The van der Waals surface area contributed by atoms with E-state index < -0.39 is 0 Å². The number of hydrogen-bond acceptors (Lipinski definition) is 3. The Morgan fingerprint density at radius 2 is 2.05 bits per heavy atom. The molecule has 1 amide bonds. The molecule has 1 aromatic carbocycles. The van der Waals surface area contributed by atoms with Gasteiger partial charge in [-0.05, 0) is 35.9 Å². The molecule has 4 nitrogen and oxygen atoms in total. The molecule has 0 spiro atoms. The topological polar surface area (TPSA) is 45.2 Å². The molecule has 0 unspecified atom stereocenters. The van der Waals surface area contributed by atoms with Crippen molar-refractivity contribution >= 4 is 16.7 Å². The van der Waals surface area contributed by atoms with Crippen molar-refractivity contribution in [1.29, 1.82) is 0 Å².